The van der Waals surface area contributed by atoms with E-state index in [1.807, 2.05) is 0 Å². The molecule has 13 heavy (non-hydrogen) atoms. The summed E-state index contributed by atoms with van der Waals surface area (Å²) >= 11 is 0. The molecule has 0 heterocycles. The number of hydrogen-bond acceptors (Lipinski definition) is 3. The van der Waals surface area contributed by atoms with Crippen LogP contribution in [0.2, 0.25) is 0 Å². The topological polar surface area (TPSA) is 69.6 Å². The fourth-order valence-corrected chi connectivity index (χ4v) is 1.79. The van der Waals surface area contributed by atoms with Crippen LogP contribution in [0.4, 0.5) is 0 Å². The summed E-state index contributed by atoms with van der Waals surface area (Å²) in [6.07, 6.45) is 1.31. The van der Waals surface area contributed by atoms with E-state index in [1.54, 1.807) is 7.05 Å². The summed E-state index contributed by atoms with van der Waals surface area (Å²) in [5, 5.41) is 21.0. The van der Waals surface area contributed by atoms with Crippen LogP contribution in [-0.2, 0) is 4.79 Å². The molecule has 1 saturated carbocycles. The van der Waals surface area contributed by atoms with Gasteiger partial charge in [-0.15, -0.1) is 0 Å². The third-order valence-electron chi connectivity index (χ3n) is 2.65. The van der Waals surface area contributed by atoms with E-state index in [2.05, 4.69) is 5.32 Å². The zero-order valence-corrected chi connectivity index (χ0v) is 7.86. The normalized spacial score (nSPS) is 33.3. The Morgan fingerprint density at radius 2 is 1.92 bits per heavy atom. The molecular weight excluding hydrogens is 170 g/mol. The fraction of sp³-hybridized carbons (Fsp3) is 0.889. The highest BCUT2D eigenvalue weighted by Crippen LogP contribution is 2.29. The van der Waals surface area contributed by atoms with Crippen molar-refractivity contribution in [1.29, 1.82) is 0 Å². The molecule has 4 heteroatoms. The molecule has 0 aliphatic heterocycles. The first-order chi connectivity index (χ1) is 6.13. The van der Waals surface area contributed by atoms with E-state index < -0.39 is 12.2 Å². The van der Waals surface area contributed by atoms with Gasteiger partial charge in [-0.1, -0.05) is 0 Å². The molecular formula is C9H17NO3. The van der Waals surface area contributed by atoms with Gasteiger partial charge in [0.25, 0.3) is 0 Å². The Bertz CT molecular complexity index is 174. The first kappa shape index (κ1) is 10.5. The molecule has 0 aromatic heterocycles. The van der Waals surface area contributed by atoms with E-state index >= 15 is 0 Å². The average Bonchev–Trinajstić information content (AvgIpc) is 2.42. The molecule has 3 atom stereocenters. The maximum Gasteiger partial charge on any atom is 0.219 e. The largest absolute Gasteiger partial charge is 0.390 e. The van der Waals surface area contributed by atoms with Gasteiger partial charge in [0.1, 0.15) is 0 Å². The molecule has 1 rings (SSSR count). The third kappa shape index (κ3) is 2.97. The summed E-state index contributed by atoms with van der Waals surface area (Å²) in [4.78, 5) is 10.9. The van der Waals surface area contributed by atoms with Crippen LogP contribution in [0.15, 0.2) is 0 Å². The second-order valence-corrected chi connectivity index (χ2v) is 3.68. The summed E-state index contributed by atoms with van der Waals surface area (Å²) in [6.45, 7) is 0. The minimum atomic E-state index is -0.588. The summed E-state index contributed by atoms with van der Waals surface area (Å²) in [7, 11) is 1.61. The Balaban J connectivity index is 2.20. The van der Waals surface area contributed by atoms with Crippen molar-refractivity contribution in [3.63, 3.8) is 0 Å². The Morgan fingerprint density at radius 3 is 2.38 bits per heavy atom. The minimum absolute atomic E-state index is 0.0240. The van der Waals surface area contributed by atoms with Crippen molar-refractivity contribution in [2.75, 3.05) is 7.05 Å². The molecule has 0 saturated heterocycles. The summed E-state index contributed by atoms with van der Waals surface area (Å²) < 4.78 is 0. The quantitative estimate of drug-likeness (QED) is 0.565. The van der Waals surface area contributed by atoms with Gasteiger partial charge < -0.3 is 15.5 Å². The third-order valence-corrected chi connectivity index (χ3v) is 2.65. The number of nitrogens with one attached hydrogen (secondary N) is 1. The Kier molecular flexibility index (Phi) is 3.69. The first-order valence-corrected chi connectivity index (χ1v) is 4.70. The number of aliphatic hydroxyl groups is 2. The van der Waals surface area contributed by atoms with Crippen LogP contribution in [0.25, 0.3) is 0 Å². The zero-order valence-electron chi connectivity index (χ0n) is 7.86. The van der Waals surface area contributed by atoms with Gasteiger partial charge in [-0.3, -0.25) is 4.79 Å². The number of hydrogen-bond donors (Lipinski definition) is 3. The Morgan fingerprint density at radius 1 is 1.38 bits per heavy atom. The number of carbonyl (C=O) groups excluding carboxylic acids is 1. The lowest BCUT2D eigenvalue weighted by molar-refractivity contribution is -0.120. The lowest BCUT2D eigenvalue weighted by atomic mass is 10.0. The van der Waals surface area contributed by atoms with Gasteiger partial charge >= 0.3 is 0 Å². The van der Waals surface area contributed by atoms with Gasteiger partial charge in [0, 0.05) is 13.5 Å². The average molecular weight is 187 g/mol. The number of aliphatic hydroxyl groups excluding tert-OH is 2. The molecule has 1 amide bonds. The summed E-state index contributed by atoms with van der Waals surface area (Å²) in [5.74, 6) is 0.318. The molecule has 0 aromatic rings. The second kappa shape index (κ2) is 4.58. The van der Waals surface area contributed by atoms with Gasteiger partial charge in [0.2, 0.25) is 5.91 Å². The first-order valence-electron chi connectivity index (χ1n) is 4.70. The maximum absolute atomic E-state index is 10.9. The highest BCUT2D eigenvalue weighted by Gasteiger charge is 2.31. The smallest absolute Gasteiger partial charge is 0.219 e. The lowest BCUT2D eigenvalue weighted by Gasteiger charge is -2.06. The van der Waals surface area contributed by atoms with Crippen molar-refractivity contribution < 1.29 is 15.0 Å². The van der Waals surface area contributed by atoms with Crippen LogP contribution in [0.1, 0.15) is 25.7 Å². The van der Waals surface area contributed by atoms with E-state index in [4.69, 9.17) is 0 Å². The van der Waals surface area contributed by atoms with E-state index in [0.717, 1.165) is 6.42 Å². The standard InChI is InChI=1S/C9H17NO3/c1-10-9(13)3-2-6-4-7(11)8(12)5-6/h6-8,11-12H,2-5H2,1H3,(H,10,13)/t6?,7-,8+. The van der Waals surface area contributed by atoms with Gasteiger partial charge in [0.15, 0.2) is 0 Å². The van der Waals surface area contributed by atoms with Gasteiger partial charge in [0.05, 0.1) is 12.2 Å². The Labute approximate surface area is 78.0 Å². The molecule has 3 N–H and O–H groups in total. The van der Waals surface area contributed by atoms with Crippen molar-refractivity contribution in [3.05, 3.63) is 0 Å². The highest BCUT2D eigenvalue weighted by atomic mass is 16.3. The minimum Gasteiger partial charge on any atom is -0.390 e. The molecule has 4 nitrogen and oxygen atoms in total. The van der Waals surface area contributed by atoms with Crippen LogP contribution in [-0.4, -0.2) is 35.4 Å². The number of amides is 1. The molecule has 0 bridgehead atoms. The summed E-state index contributed by atoms with van der Waals surface area (Å²) in [5.41, 5.74) is 0. The van der Waals surface area contributed by atoms with Gasteiger partial charge in [-0.25, -0.2) is 0 Å². The van der Waals surface area contributed by atoms with Crippen molar-refractivity contribution in [2.24, 2.45) is 5.92 Å². The van der Waals surface area contributed by atoms with Gasteiger partial charge in [-0.2, -0.15) is 0 Å². The van der Waals surface area contributed by atoms with Crippen LogP contribution in [0.5, 0.6) is 0 Å². The SMILES string of the molecule is CNC(=O)CCC1C[C@@H](O)[C@@H](O)C1. The predicted molar refractivity (Wildman–Crippen MR) is 48.0 cm³/mol. The molecule has 1 unspecified atom stereocenters. The number of rotatable bonds is 3. The molecule has 0 spiro atoms. The molecule has 1 fully saturated rings. The van der Waals surface area contributed by atoms with Crippen LogP contribution < -0.4 is 5.32 Å². The molecule has 1 aliphatic carbocycles. The molecule has 1 aliphatic rings. The zero-order chi connectivity index (χ0) is 9.84. The summed E-state index contributed by atoms with van der Waals surface area (Å²) in [6, 6.07) is 0. The molecule has 76 valence electrons. The monoisotopic (exact) mass is 187 g/mol. The van der Waals surface area contributed by atoms with E-state index in [9.17, 15) is 15.0 Å². The van der Waals surface area contributed by atoms with Crippen molar-refractivity contribution in [3.8, 4) is 0 Å². The van der Waals surface area contributed by atoms with E-state index in [0.29, 0.717) is 25.2 Å². The van der Waals surface area contributed by atoms with Crippen LogP contribution >= 0.6 is 0 Å². The van der Waals surface area contributed by atoms with Crippen molar-refractivity contribution in [2.45, 2.75) is 37.9 Å². The van der Waals surface area contributed by atoms with E-state index in [-0.39, 0.29) is 5.91 Å². The second-order valence-electron chi connectivity index (χ2n) is 3.68. The highest BCUT2D eigenvalue weighted by molar-refractivity contribution is 5.75. The van der Waals surface area contributed by atoms with E-state index in [1.165, 1.54) is 0 Å². The van der Waals surface area contributed by atoms with Crippen LogP contribution in [0.3, 0.4) is 0 Å². The number of carbonyl (C=O) groups is 1. The van der Waals surface area contributed by atoms with Crippen molar-refractivity contribution >= 4 is 5.91 Å². The lowest BCUT2D eigenvalue weighted by Crippen LogP contribution is -2.18. The van der Waals surface area contributed by atoms with Gasteiger partial charge in [-0.05, 0) is 25.2 Å². The Hall–Kier alpha value is -0.610. The van der Waals surface area contributed by atoms with Crippen molar-refractivity contribution in [1.82, 2.24) is 5.32 Å². The molecule has 0 radical (unpaired) electrons. The maximum atomic E-state index is 10.9. The predicted octanol–water partition coefficient (Wildman–Crippen LogP) is -0.356. The van der Waals surface area contributed by atoms with Crippen LogP contribution in [0, 0.1) is 5.92 Å². The molecule has 0 aromatic carbocycles. The fourth-order valence-electron chi connectivity index (χ4n) is 1.79.